The number of fused-ring (bicyclic) bond motifs is 2. The number of rotatable bonds is 10. The maximum Gasteiger partial charge on any atom is 0.255 e. The molecule has 0 unspecified atom stereocenters. The van der Waals surface area contributed by atoms with Gasteiger partial charge in [0.15, 0.2) is 5.82 Å². The number of ether oxygens (including phenoxy) is 2. The van der Waals surface area contributed by atoms with Crippen molar-refractivity contribution in [1.29, 1.82) is 0 Å². The van der Waals surface area contributed by atoms with E-state index in [1.54, 1.807) is 12.4 Å². The van der Waals surface area contributed by atoms with Crippen molar-refractivity contribution in [2.75, 3.05) is 55.6 Å². The molecule has 60 heavy (non-hydrogen) atoms. The number of anilines is 2. The first kappa shape index (κ1) is 39.0. The minimum absolute atomic E-state index is 0.0335. The van der Waals surface area contributed by atoms with Crippen LogP contribution in [0, 0.1) is 18.7 Å². The smallest absolute Gasteiger partial charge is 0.255 e. The molecule has 6 heterocycles. The van der Waals surface area contributed by atoms with Gasteiger partial charge >= 0.3 is 0 Å². The lowest BCUT2D eigenvalue weighted by Gasteiger charge is -2.39. The van der Waals surface area contributed by atoms with E-state index in [-0.39, 0.29) is 54.8 Å². The molecule has 316 valence electrons. The van der Waals surface area contributed by atoms with E-state index < -0.39 is 11.9 Å². The van der Waals surface area contributed by atoms with Gasteiger partial charge in [-0.05, 0) is 107 Å². The highest BCUT2D eigenvalue weighted by Gasteiger charge is 2.42. The molecule has 5 fully saturated rings. The van der Waals surface area contributed by atoms with Crippen molar-refractivity contribution in [3.05, 3.63) is 59.2 Å². The van der Waals surface area contributed by atoms with E-state index in [9.17, 15) is 14.4 Å². The number of aromatic amines is 1. The maximum atomic E-state index is 16.1. The topological polar surface area (TPSA) is 149 Å². The molecule has 14 nitrogen and oxygen atoms in total. The lowest BCUT2D eigenvalue weighted by atomic mass is 9.86. The molecular formula is C45H54FN9O5. The number of hydrogen-bond donors (Lipinski definition) is 2. The number of carbonyl (C=O) groups is 3. The van der Waals surface area contributed by atoms with Gasteiger partial charge in [-0.25, -0.2) is 14.4 Å². The number of nitrogens with zero attached hydrogens (tertiary/aromatic N) is 7. The first-order chi connectivity index (χ1) is 29.1. The third kappa shape index (κ3) is 7.70. The summed E-state index contributed by atoms with van der Waals surface area (Å²) in [5.74, 6) is 0.892. The zero-order valence-electron chi connectivity index (χ0n) is 34.6. The number of halogens is 1. The summed E-state index contributed by atoms with van der Waals surface area (Å²) in [5.41, 5.74) is 4.43. The van der Waals surface area contributed by atoms with Gasteiger partial charge < -0.3 is 24.2 Å². The maximum absolute atomic E-state index is 16.1. The van der Waals surface area contributed by atoms with Crippen molar-refractivity contribution in [2.24, 2.45) is 5.92 Å². The Hall–Kier alpha value is -5.15. The Labute approximate surface area is 349 Å². The number of benzene rings is 2. The zero-order chi connectivity index (χ0) is 41.1. The number of H-pyrrole nitrogens is 1. The Morgan fingerprint density at radius 1 is 0.883 bits per heavy atom. The van der Waals surface area contributed by atoms with E-state index >= 15 is 4.39 Å². The standard InChI is InChI=1S/C45H54FN9O5/c1-27-21-37(41(46)33-25-55(44(58)40(27)33)36-9-10-39(56)49-43(36)57)53-15-11-30(12-16-53)59-29-5-3-28(4-6-29)24-52-17-19-54(20-18-52)38-23-35(47-26-48-38)42-32-22-31(60-45(2)13-14-45)7-8-34(32)50-51-42/h7-8,21-23,26,28-30,36H,3-6,9-20,24-25H2,1-2H3,(H,50,51)(H,49,56,57)/t28?,29?,36-/m1/s1. The summed E-state index contributed by atoms with van der Waals surface area (Å²) >= 11 is 0. The molecule has 2 aromatic carbocycles. The van der Waals surface area contributed by atoms with Crippen molar-refractivity contribution in [3.8, 4) is 17.1 Å². The molecule has 2 aliphatic carbocycles. The fraction of sp³-hybridized carbons (Fsp3) is 0.556. The third-order valence-corrected chi connectivity index (χ3v) is 13.9. The number of hydrogen-bond acceptors (Lipinski definition) is 11. The van der Waals surface area contributed by atoms with Crippen LogP contribution in [-0.4, -0.2) is 117 Å². The van der Waals surface area contributed by atoms with E-state index in [1.807, 2.05) is 19.1 Å². The second-order valence-electron chi connectivity index (χ2n) is 18.1. The fourth-order valence-corrected chi connectivity index (χ4v) is 10.1. The van der Waals surface area contributed by atoms with Gasteiger partial charge in [0, 0.05) is 69.3 Å². The van der Waals surface area contributed by atoms with E-state index in [4.69, 9.17) is 9.47 Å². The molecule has 0 radical (unpaired) electrons. The molecule has 10 rings (SSSR count). The largest absolute Gasteiger partial charge is 0.488 e. The number of amides is 3. The summed E-state index contributed by atoms with van der Waals surface area (Å²) in [6.07, 6.45) is 10.7. The first-order valence-corrected chi connectivity index (χ1v) is 21.9. The van der Waals surface area contributed by atoms with Gasteiger partial charge in [0.1, 0.15) is 35.2 Å². The molecule has 3 amide bonds. The van der Waals surface area contributed by atoms with Crippen LogP contribution in [0.2, 0.25) is 0 Å². The van der Waals surface area contributed by atoms with Crippen LogP contribution >= 0.6 is 0 Å². The van der Waals surface area contributed by atoms with E-state index in [1.165, 1.54) is 4.90 Å². The van der Waals surface area contributed by atoms with Crippen molar-refractivity contribution < 1.29 is 28.2 Å². The summed E-state index contributed by atoms with van der Waals surface area (Å²) in [7, 11) is 0. The lowest BCUT2D eigenvalue weighted by Crippen LogP contribution is -2.52. The molecular weight excluding hydrogens is 766 g/mol. The summed E-state index contributed by atoms with van der Waals surface area (Å²) in [6.45, 7) is 10.3. The van der Waals surface area contributed by atoms with Gasteiger partial charge in [0.05, 0.1) is 41.2 Å². The predicted molar refractivity (Wildman–Crippen MR) is 223 cm³/mol. The van der Waals surface area contributed by atoms with Crippen LogP contribution in [0.4, 0.5) is 15.9 Å². The average Bonchev–Trinajstić information content (AvgIpc) is 3.65. The van der Waals surface area contributed by atoms with Gasteiger partial charge in [-0.3, -0.25) is 29.7 Å². The van der Waals surface area contributed by atoms with Gasteiger partial charge in [-0.15, -0.1) is 0 Å². The lowest BCUT2D eigenvalue weighted by molar-refractivity contribution is -0.136. The van der Waals surface area contributed by atoms with Gasteiger partial charge in [0.2, 0.25) is 11.8 Å². The molecule has 6 aliphatic rings. The van der Waals surface area contributed by atoms with Crippen LogP contribution in [0.5, 0.6) is 5.75 Å². The summed E-state index contributed by atoms with van der Waals surface area (Å²) < 4.78 is 29.0. The summed E-state index contributed by atoms with van der Waals surface area (Å²) in [4.78, 5) is 55.3. The van der Waals surface area contributed by atoms with Crippen molar-refractivity contribution in [1.82, 2.24) is 35.3 Å². The number of nitrogens with one attached hydrogen (secondary N) is 2. The Bertz CT molecular complexity index is 2310. The SMILES string of the molecule is Cc1cc(N2CCC(OC3CCC(CN4CCN(c5cc(-c6n[nH]c7ccc(OC8(C)CC8)cc67)ncn5)CC4)CC3)CC2)c(F)c2c1C(=O)N([C@@H]1CCC(=O)NC1=O)C2. The van der Waals surface area contributed by atoms with Crippen LogP contribution in [0.25, 0.3) is 22.3 Å². The molecule has 3 saturated heterocycles. The Kier molecular flexibility index (Phi) is 10.2. The highest BCUT2D eigenvalue weighted by molar-refractivity contribution is 6.06. The Morgan fingerprint density at radius 2 is 1.65 bits per heavy atom. The summed E-state index contributed by atoms with van der Waals surface area (Å²) in [5, 5.41) is 11.1. The monoisotopic (exact) mass is 819 g/mol. The first-order valence-electron chi connectivity index (χ1n) is 21.9. The minimum atomic E-state index is -0.768. The van der Waals surface area contributed by atoms with Crippen LogP contribution in [0.15, 0.2) is 36.7 Å². The van der Waals surface area contributed by atoms with Crippen LogP contribution in [-0.2, 0) is 20.9 Å². The number of piperidine rings is 2. The fourth-order valence-electron chi connectivity index (χ4n) is 10.1. The number of aromatic nitrogens is 4. The second kappa shape index (κ2) is 15.7. The average molecular weight is 820 g/mol. The number of aryl methyl sites for hydroxylation is 1. The van der Waals surface area contributed by atoms with E-state index in [2.05, 4.69) is 59.2 Å². The Morgan fingerprint density at radius 3 is 2.40 bits per heavy atom. The molecule has 0 bridgehead atoms. The molecule has 1 atom stereocenters. The van der Waals surface area contributed by atoms with E-state index in [0.29, 0.717) is 41.4 Å². The van der Waals surface area contributed by atoms with Crippen LogP contribution < -0.4 is 19.9 Å². The third-order valence-electron chi connectivity index (χ3n) is 13.9. The molecule has 4 aliphatic heterocycles. The quantitative estimate of drug-likeness (QED) is 0.195. The zero-order valence-corrected chi connectivity index (χ0v) is 34.6. The summed E-state index contributed by atoms with van der Waals surface area (Å²) in [6, 6.07) is 9.16. The minimum Gasteiger partial charge on any atom is -0.488 e. The normalized spacial score (nSPS) is 24.9. The van der Waals surface area contributed by atoms with Crippen molar-refractivity contribution >= 4 is 40.1 Å². The van der Waals surface area contributed by atoms with Gasteiger partial charge in [-0.1, -0.05) is 0 Å². The molecule has 4 aromatic rings. The molecule has 15 heteroatoms. The van der Waals surface area contributed by atoms with Crippen LogP contribution in [0.3, 0.4) is 0 Å². The van der Waals surface area contributed by atoms with Crippen LogP contribution in [0.1, 0.15) is 92.6 Å². The Balaban J connectivity index is 0.674. The number of piperazine rings is 1. The molecule has 2 aromatic heterocycles. The number of carbonyl (C=O) groups excluding carboxylic acids is 3. The van der Waals surface area contributed by atoms with Gasteiger partial charge in [0.25, 0.3) is 5.91 Å². The molecule has 2 N–H and O–H groups in total. The van der Waals surface area contributed by atoms with Crippen molar-refractivity contribution in [3.63, 3.8) is 0 Å². The second-order valence-corrected chi connectivity index (χ2v) is 18.1. The number of imide groups is 1. The highest BCUT2D eigenvalue weighted by Crippen LogP contribution is 2.41. The molecule has 0 spiro atoms. The van der Waals surface area contributed by atoms with Gasteiger partial charge in [-0.2, -0.15) is 5.10 Å². The predicted octanol–water partition coefficient (Wildman–Crippen LogP) is 5.53. The highest BCUT2D eigenvalue weighted by atomic mass is 19.1. The van der Waals surface area contributed by atoms with E-state index in [0.717, 1.165) is 118 Å². The molecule has 2 saturated carbocycles. The van der Waals surface area contributed by atoms with Crippen molar-refractivity contribution in [2.45, 2.75) is 108 Å².